The van der Waals surface area contributed by atoms with Gasteiger partial charge in [0.25, 0.3) is 11.8 Å². The maximum atomic E-state index is 12.4. The Morgan fingerprint density at radius 3 is 2.74 bits per heavy atom. The molecule has 140 valence electrons. The third-order valence-corrected chi connectivity index (χ3v) is 4.74. The highest BCUT2D eigenvalue weighted by Gasteiger charge is 2.23. The summed E-state index contributed by atoms with van der Waals surface area (Å²) in [6, 6.07) is 14.5. The Kier molecular flexibility index (Phi) is 6.24. The van der Waals surface area contributed by atoms with Crippen LogP contribution in [0.15, 0.2) is 53.0 Å². The van der Waals surface area contributed by atoms with E-state index in [0.717, 1.165) is 28.6 Å². The minimum Gasteiger partial charge on any atom is -0.454 e. The average Bonchev–Trinajstić information content (AvgIpc) is 2.69. The molecule has 6 nitrogen and oxygen atoms in total. The molecule has 0 fully saturated rings. The van der Waals surface area contributed by atoms with Gasteiger partial charge in [0.1, 0.15) is 6.54 Å². The Bertz CT molecular complexity index is 869. The van der Waals surface area contributed by atoms with Crippen LogP contribution < -0.4 is 10.2 Å². The lowest BCUT2D eigenvalue weighted by Crippen LogP contribution is -2.39. The fourth-order valence-corrected chi connectivity index (χ4v) is 3.35. The number of nitrogens with one attached hydrogen (secondary N) is 1. The summed E-state index contributed by atoms with van der Waals surface area (Å²) in [4.78, 5) is 37.9. The van der Waals surface area contributed by atoms with Gasteiger partial charge in [-0.25, -0.2) is 0 Å². The molecule has 2 amide bonds. The number of aryl methyl sites for hydroxylation is 1. The average molecular weight is 431 g/mol. The number of ether oxygens (including phenoxy) is 1. The van der Waals surface area contributed by atoms with E-state index in [4.69, 9.17) is 4.74 Å². The summed E-state index contributed by atoms with van der Waals surface area (Å²) >= 11 is 3.29. The van der Waals surface area contributed by atoms with Crippen molar-refractivity contribution in [3.63, 3.8) is 0 Å². The molecule has 0 radical (unpaired) electrons. The number of para-hydroxylation sites is 1. The van der Waals surface area contributed by atoms with Crippen LogP contribution in [0.1, 0.15) is 22.3 Å². The smallest absolute Gasteiger partial charge is 0.325 e. The van der Waals surface area contributed by atoms with E-state index >= 15 is 0 Å². The van der Waals surface area contributed by atoms with Crippen molar-refractivity contribution >= 4 is 39.4 Å². The highest BCUT2D eigenvalue weighted by molar-refractivity contribution is 9.10. The second-order valence-electron chi connectivity index (χ2n) is 6.13. The van der Waals surface area contributed by atoms with E-state index in [0.29, 0.717) is 12.1 Å². The Morgan fingerprint density at radius 2 is 1.93 bits per heavy atom. The second kappa shape index (κ2) is 8.81. The highest BCUT2D eigenvalue weighted by atomic mass is 79.9. The van der Waals surface area contributed by atoms with Gasteiger partial charge in [0.2, 0.25) is 0 Å². The number of anilines is 1. The van der Waals surface area contributed by atoms with E-state index in [1.54, 1.807) is 29.2 Å². The van der Waals surface area contributed by atoms with Crippen LogP contribution >= 0.6 is 15.9 Å². The molecule has 0 aromatic heterocycles. The maximum Gasteiger partial charge on any atom is 0.325 e. The number of hydrogen-bond acceptors (Lipinski definition) is 4. The standard InChI is InChI=1S/C20H19BrN2O4/c21-16-8-3-6-15(11-16)20(26)22-12-19(25)27-13-18(24)23-10-4-7-14-5-1-2-9-17(14)23/h1-3,5-6,8-9,11H,4,7,10,12-13H2,(H,22,26). The summed E-state index contributed by atoms with van der Waals surface area (Å²) in [5, 5.41) is 2.49. The van der Waals surface area contributed by atoms with Crippen LogP contribution in [0.25, 0.3) is 0 Å². The maximum absolute atomic E-state index is 12.4. The molecule has 0 aliphatic carbocycles. The number of hydrogen-bond donors (Lipinski definition) is 1. The van der Waals surface area contributed by atoms with Crippen molar-refractivity contribution in [3.05, 3.63) is 64.1 Å². The van der Waals surface area contributed by atoms with Crippen LogP contribution in [0.3, 0.4) is 0 Å². The molecule has 0 saturated heterocycles. The van der Waals surface area contributed by atoms with Gasteiger partial charge >= 0.3 is 5.97 Å². The van der Waals surface area contributed by atoms with Crippen LogP contribution in [-0.4, -0.2) is 37.5 Å². The summed E-state index contributed by atoms with van der Waals surface area (Å²) in [6.45, 7) is -0.0395. The molecule has 0 spiro atoms. The van der Waals surface area contributed by atoms with Crippen LogP contribution in [0, 0.1) is 0 Å². The minimum absolute atomic E-state index is 0.270. The summed E-state index contributed by atoms with van der Waals surface area (Å²) in [6.07, 6.45) is 1.81. The zero-order valence-corrected chi connectivity index (χ0v) is 16.2. The van der Waals surface area contributed by atoms with Crippen LogP contribution in [0.4, 0.5) is 5.69 Å². The number of esters is 1. The number of amides is 2. The molecular formula is C20H19BrN2O4. The van der Waals surface area contributed by atoms with E-state index in [2.05, 4.69) is 21.2 Å². The van der Waals surface area contributed by atoms with Gasteiger partial charge in [-0.15, -0.1) is 0 Å². The monoisotopic (exact) mass is 430 g/mol. The number of fused-ring (bicyclic) bond motifs is 1. The van der Waals surface area contributed by atoms with E-state index in [-0.39, 0.29) is 25.0 Å². The molecule has 27 heavy (non-hydrogen) atoms. The van der Waals surface area contributed by atoms with Gasteiger partial charge in [-0.05, 0) is 42.7 Å². The summed E-state index contributed by atoms with van der Waals surface area (Å²) < 4.78 is 5.80. The SMILES string of the molecule is O=C(CNC(=O)c1cccc(Br)c1)OCC(=O)N1CCCc2ccccc21. The zero-order chi connectivity index (χ0) is 19.2. The minimum atomic E-state index is -0.656. The third kappa shape index (κ3) is 4.95. The topological polar surface area (TPSA) is 75.7 Å². The number of halogens is 1. The van der Waals surface area contributed by atoms with Crippen molar-refractivity contribution in [1.29, 1.82) is 0 Å². The first kappa shape index (κ1) is 19.1. The normalized spacial score (nSPS) is 12.9. The molecular weight excluding hydrogens is 412 g/mol. The van der Waals surface area contributed by atoms with Gasteiger partial charge in [-0.1, -0.05) is 40.2 Å². The molecule has 2 aromatic rings. The molecule has 3 rings (SSSR count). The van der Waals surface area contributed by atoms with Crippen LogP contribution in [0.2, 0.25) is 0 Å². The van der Waals surface area contributed by atoms with Gasteiger partial charge in [0.05, 0.1) is 0 Å². The van der Waals surface area contributed by atoms with E-state index in [1.807, 2.05) is 24.3 Å². The predicted molar refractivity (Wildman–Crippen MR) is 105 cm³/mol. The van der Waals surface area contributed by atoms with E-state index in [1.165, 1.54) is 0 Å². The lowest BCUT2D eigenvalue weighted by atomic mass is 10.0. The Hall–Kier alpha value is -2.67. The van der Waals surface area contributed by atoms with E-state index < -0.39 is 5.97 Å². The Morgan fingerprint density at radius 1 is 1.11 bits per heavy atom. The Labute approximate surface area is 165 Å². The molecule has 7 heteroatoms. The molecule has 1 aliphatic rings. The molecule has 2 aromatic carbocycles. The summed E-state index contributed by atoms with van der Waals surface area (Å²) in [7, 11) is 0. The van der Waals surface area contributed by atoms with Crippen molar-refractivity contribution in [2.45, 2.75) is 12.8 Å². The molecule has 0 saturated carbocycles. The van der Waals surface area contributed by atoms with Gasteiger partial charge in [-0.2, -0.15) is 0 Å². The largest absolute Gasteiger partial charge is 0.454 e. The van der Waals surface area contributed by atoms with E-state index in [9.17, 15) is 14.4 Å². The first-order valence-electron chi connectivity index (χ1n) is 8.62. The van der Waals surface area contributed by atoms with Gasteiger partial charge in [0, 0.05) is 22.3 Å². The molecule has 1 aliphatic heterocycles. The number of carbonyl (C=O) groups excluding carboxylic acids is 3. The van der Waals surface area contributed by atoms with Crippen molar-refractivity contribution in [1.82, 2.24) is 5.32 Å². The first-order chi connectivity index (χ1) is 13.0. The fraction of sp³-hybridized carbons (Fsp3) is 0.250. The summed E-state index contributed by atoms with van der Waals surface area (Å²) in [5.41, 5.74) is 2.41. The molecule has 0 bridgehead atoms. The quantitative estimate of drug-likeness (QED) is 0.739. The lowest BCUT2D eigenvalue weighted by molar-refractivity contribution is -0.146. The van der Waals surface area contributed by atoms with Crippen molar-refractivity contribution in [3.8, 4) is 0 Å². The molecule has 0 unspecified atom stereocenters. The van der Waals surface area contributed by atoms with Crippen molar-refractivity contribution in [2.75, 3.05) is 24.6 Å². The van der Waals surface area contributed by atoms with Crippen molar-refractivity contribution in [2.24, 2.45) is 0 Å². The molecule has 1 heterocycles. The highest BCUT2D eigenvalue weighted by Crippen LogP contribution is 2.26. The second-order valence-corrected chi connectivity index (χ2v) is 7.05. The predicted octanol–water partition coefficient (Wildman–Crippen LogP) is 2.70. The van der Waals surface area contributed by atoms with Crippen LogP contribution in [0.5, 0.6) is 0 Å². The zero-order valence-electron chi connectivity index (χ0n) is 14.6. The summed E-state index contributed by atoms with van der Waals surface area (Å²) in [5.74, 6) is -1.31. The number of rotatable bonds is 5. The number of nitrogens with zero attached hydrogens (tertiary/aromatic N) is 1. The number of carbonyl (C=O) groups is 3. The van der Waals surface area contributed by atoms with Gasteiger partial charge < -0.3 is 15.0 Å². The Balaban J connectivity index is 1.48. The van der Waals surface area contributed by atoms with Gasteiger partial charge in [0.15, 0.2) is 6.61 Å². The molecule has 1 N–H and O–H groups in total. The molecule has 0 atom stereocenters. The van der Waals surface area contributed by atoms with Gasteiger partial charge in [-0.3, -0.25) is 14.4 Å². The van der Waals surface area contributed by atoms with Crippen LogP contribution in [-0.2, 0) is 20.7 Å². The first-order valence-corrected chi connectivity index (χ1v) is 9.41. The third-order valence-electron chi connectivity index (χ3n) is 4.25. The lowest BCUT2D eigenvalue weighted by Gasteiger charge is -2.29. The number of benzene rings is 2. The fourth-order valence-electron chi connectivity index (χ4n) is 2.95. The van der Waals surface area contributed by atoms with Crippen molar-refractivity contribution < 1.29 is 19.1 Å².